The summed E-state index contributed by atoms with van der Waals surface area (Å²) in [7, 11) is 1.67. The molecular formula is C20H28N6O3. The van der Waals surface area contributed by atoms with Gasteiger partial charge in [-0.15, -0.1) is 0 Å². The Morgan fingerprint density at radius 2 is 2.17 bits per heavy atom. The Morgan fingerprint density at radius 3 is 2.97 bits per heavy atom. The van der Waals surface area contributed by atoms with Crippen molar-refractivity contribution >= 4 is 11.7 Å². The van der Waals surface area contributed by atoms with Crippen LogP contribution in [0.15, 0.2) is 35.8 Å². The summed E-state index contributed by atoms with van der Waals surface area (Å²) in [6.07, 6.45) is 6.50. The molecule has 156 valence electrons. The fourth-order valence-corrected chi connectivity index (χ4v) is 3.92. The van der Waals surface area contributed by atoms with Gasteiger partial charge in [0, 0.05) is 44.9 Å². The summed E-state index contributed by atoms with van der Waals surface area (Å²) in [4.78, 5) is 25.1. The Balaban J connectivity index is 1.47. The number of aromatic nitrogens is 2. The number of rotatable bonds is 7. The third-order valence-corrected chi connectivity index (χ3v) is 5.56. The number of amides is 1. The highest BCUT2D eigenvalue weighted by atomic mass is 16.5. The van der Waals surface area contributed by atoms with E-state index >= 15 is 0 Å². The van der Waals surface area contributed by atoms with E-state index in [2.05, 4.69) is 26.9 Å². The average molecular weight is 400 g/mol. The van der Waals surface area contributed by atoms with E-state index in [-0.39, 0.29) is 18.1 Å². The van der Waals surface area contributed by atoms with E-state index in [9.17, 15) is 4.79 Å². The number of anilines is 1. The van der Waals surface area contributed by atoms with E-state index in [1.165, 1.54) is 5.57 Å². The zero-order chi connectivity index (χ0) is 20.2. The lowest BCUT2D eigenvalue weighted by atomic mass is 9.93. The second kappa shape index (κ2) is 8.89. The smallest absolute Gasteiger partial charge is 0.242 e. The zero-order valence-corrected chi connectivity index (χ0v) is 16.9. The van der Waals surface area contributed by atoms with Crippen molar-refractivity contribution in [1.29, 1.82) is 0 Å². The van der Waals surface area contributed by atoms with E-state index in [0.717, 1.165) is 43.3 Å². The molecule has 0 spiro atoms. The lowest BCUT2D eigenvalue weighted by Gasteiger charge is -2.34. The minimum absolute atomic E-state index is 0.0224. The average Bonchev–Trinajstić information content (AvgIpc) is 3.17. The van der Waals surface area contributed by atoms with Gasteiger partial charge in [0.25, 0.3) is 0 Å². The number of allylic oxidation sites excluding steroid dienone is 1. The first-order valence-corrected chi connectivity index (χ1v) is 10.1. The van der Waals surface area contributed by atoms with Crippen LogP contribution in [0.5, 0.6) is 0 Å². The first-order chi connectivity index (χ1) is 14.2. The molecule has 0 saturated carbocycles. The molecule has 3 heterocycles. The van der Waals surface area contributed by atoms with Gasteiger partial charge in [0.05, 0.1) is 37.6 Å². The number of carbonyl (C=O) groups excluding carboxylic acids is 1. The van der Waals surface area contributed by atoms with Crippen molar-refractivity contribution in [2.75, 3.05) is 51.4 Å². The summed E-state index contributed by atoms with van der Waals surface area (Å²) in [6, 6.07) is 1.92. The molecule has 9 heteroatoms. The molecule has 1 fully saturated rings. The molecule has 2 N–H and O–H groups in total. The van der Waals surface area contributed by atoms with Gasteiger partial charge in [0.15, 0.2) is 0 Å². The second-order valence-electron chi connectivity index (χ2n) is 7.30. The summed E-state index contributed by atoms with van der Waals surface area (Å²) >= 11 is 0. The van der Waals surface area contributed by atoms with E-state index in [0.29, 0.717) is 19.8 Å². The van der Waals surface area contributed by atoms with Gasteiger partial charge in [-0.2, -0.15) is 0 Å². The SMILES string of the molecule is CCN1CCN(c2cc([C@@H]3NNC4=C3C[C@@H](OCCOC)C=C4)ncn2)CC1=O. The number of hydrazine groups is 1. The van der Waals surface area contributed by atoms with Crippen molar-refractivity contribution < 1.29 is 14.3 Å². The molecule has 1 saturated heterocycles. The van der Waals surface area contributed by atoms with Gasteiger partial charge in [-0.25, -0.2) is 15.4 Å². The molecular weight excluding hydrogens is 372 g/mol. The number of carbonyl (C=O) groups is 1. The lowest BCUT2D eigenvalue weighted by Crippen LogP contribution is -2.50. The standard InChI is InChI=1S/C20H28N6O3/c1-3-25-6-7-26(12-19(25)27)18-11-17(21-13-22-18)20-15-10-14(29-9-8-28-2)4-5-16(15)23-24-20/h4-5,11,13-14,20,23-24H,3,6-10,12H2,1-2H3/t14-,20+/m0/s1. The highest BCUT2D eigenvalue weighted by Crippen LogP contribution is 2.34. The van der Waals surface area contributed by atoms with Gasteiger partial charge in [0.1, 0.15) is 12.1 Å². The predicted octanol–water partition coefficient (Wildman–Crippen LogP) is 0.540. The van der Waals surface area contributed by atoms with Crippen LogP contribution in [0.1, 0.15) is 25.1 Å². The highest BCUT2D eigenvalue weighted by Gasteiger charge is 2.31. The molecule has 0 radical (unpaired) electrons. The Kier molecular flexibility index (Phi) is 6.08. The molecule has 1 aromatic heterocycles. The quantitative estimate of drug-likeness (QED) is 0.641. The van der Waals surface area contributed by atoms with Crippen LogP contribution in [0.4, 0.5) is 5.82 Å². The number of methoxy groups -OCH3 is 1. The number of piperazine rings is 1. The normalized spacial score (nSPS) is 24.1. The molecule has 0 unspecified atom stereocenters. The fraction of sp³-hybridized carbons (Fsp3) is 0.550. The predicted molar refractivity (Wildman–Crippen MR) is 108 cm³/mol. The van der Waals surface area contributed by atoms with Crippen molar-refractivity contribution in [3.63, 3.8) is 0 Å². The molecule has 29 heavy (non-hydrogen) atoms. The van der Waals surface area contributed by atoms with Crippen LogP contribution in [0.25, 0.3) is 0 Å². The Labute approximate surface area is 170 Å². The first-order valence-electron chi connectivity index (χ1n) is 10.1. The summed E-state index contributed by atoms with van der Waals surface area (Å²) in [6.45, 7) is 5.75. The molecule has 9 nitrogen and oxygen atoms in total. The molecule has 2 aliphatic heterocycles. The minimum Gasteiger partial charge on any atom is -0.382 e. The first kappa shape index (κ1) is 19.8. The largest absolute Gasteiger partial charge is 0.382 e. The van der Waals surface area contributed by atoms with Crippen LogP contribution in [-0.2, 0) is 14.3 Å². The molecule has 1 amide bonds. The molecule has 2 atom stereocenters. The van der Waals surface area contributed by atoms with Crippen LogP contribution in [0.2, 0.25) is 0 Å². The molecule has 1 aliphatic carbocycles. The Morgan fingerprint density at radius 1 is 1.28 bits per heavy atom. The van der Waals surface area contributed by atoms with Gasteiger partial charge in [0.2, 0.25) is 5.91 Å². The number of nitrogens with one attached hydrogen (secondary N) is 2. The van der Waals surface area contributed by atoms with Crippen LogP contribution < -0.4 is 15.8 Å². The molecule has 4 rings (SSSR count). The summed E-state index contributed by atoms with van der Waals surface area (Å²) in [5.41, 5.74) is 9.72. The highest BCUT2D eigenvalue weighted by molar-refractivity contribution is 5.82. The Hall–Kier alpha value is -2.49. The molecule has 3 aliphatic rings. The monoisotopic (exact) mass is 400 g/mol. The molecule has 0 aromatic carbocycles. The fourth-order valence-electron chi connectivity index (χ4n) is 3.92. The number of ether oxygens (including phenoxy) is 2. The van der Waals surface area contributed by atoms with Gasteiger partial charge in [-0.1, -0.05) is 6.08 Å². The summed E-state index contributed by atoms with van der Waals surface area (Å²) < 4.78 is 11.0. The summed E-state index contributed by atoms with van der Waals surface area (Å²) in [5, 5.41) is 0. The van der Waals surface area contributed by atoms with Gasteiger partial charge < -0.3 is 24.7 Å². The van der Waals surface area contributed by atoms with E-state index in [4.69, 9.17) is 9.47 Å². The van der Waals surface area contributed by atoms with Crippen molar-refractivity contribution in [2.24, 2.45) is 0 Å². The van der Waals surface area contributed by atoms with Crippen molar-refractivity contribution in [3.8, 4) is 0 Å². The van der Waals surface area contributed by atoms with Crippen LogP contribution in [0.3, 0.4) is 0 Å². The van der Waals surface area contributed by atoms with Crippen molar-refractivity contribution in [3.05, 3.63) is 41.5 Å². The second-order valence-corrected chi connectivity index (χ2v) is 7.30. The molecule has 0 bridgehead atoms. The maximum absolute atomic E-state index is 12.3. The van der Waals surface area contributed by atoms with Crippen molar-refractivity contribution in [2.45, 2.75) is 25.5 Å². The van der Waals surface area contributed by atoms with E-state index in [1.807, 2.05) is 28.9 Å². The number of hydrogen-bond acceptors (Lipinski definition) is 8. The maximum atomic E-state index is 12.3. The van der Waals surface area contributed by atoms with E-state index < -0.39 is 0 Å². The van der Waals surface area contributed by atoms with Gasteiger partial charge >= 0.3 is 0 Å². The van der Waals surface area contributed by atoms with Crippen LogP contribution in [0, 0.1) is 0 Å². The van der Waals surface area contributed by atoms with Gasteiger partial charge in [-0.3, -0.25) is 4.79 Å². The third-order valence-electron chi connectivity index (χ3n) is 5.56. The third kappa shape index (κ3) is 4.26. The number of likely N-dealkylation sites (N-methyl/N-ethyl adjacent to an activating group) is 1. The van der Waals surface area contributed by atoms with Crippen LogP contribution in [-0.4, -0.2) is 73.4 Å². The van der Waals surface area contributed by atoms with Crippen molar-refractivity contribution in [1.82, 2.24) is 25.7 Å². The topological polar surface area (TPSA) is 91.8 Å². The lowest BCUT2D eigenvalue weighted by molar-refractivity contribution is -0.130. The zero-order valence-electron chi connectivity index (χ0n) is 16.9. The minimum atomic E-state index is -0.0575. The van der Waals surface area contributed by atoms with Gasteiger partial charge in [-0.05, 0) is 18.6 Å². The number of nitrogens with zero attached hydrogens (tertiary/aromatic N) is 4. The van der Waals surface area contributed by atoms with E-state index in [1.54, 1.807) is 13.4 Å². The summed E-state index contributed by atoms with van der Waals surface area (Å²) in [5.74, 6) is 0.923. The maximum Gasteiger partial charge on any atom is 0.242 e. The number of hydrogen-bond donors (Lipinski definition) is 2. The molecule has 1 aromatic rings. The Bertz CT molecular complexity index is 811. The van der Waals surface area contributed by atoms with Crippen LogP contribution >= 0.6 is 0 Å².